The lowest BCUT2D eigenvalue weighted by Gasteiger charge is -2.54. The molecule has 166 valence electrons. The molecule has 3 aromatic rings. The number of fused-ring (bicyclic) bond motifs is 4. The molecule has 32 heavy (non-hydrogen) atoms. The fraction of sp³-hybridized carbons (Fsp3) is 0.480. The molecule has 2 fully saturated rings. The quantitative estimate of drug-likeness (QED) is 0.605. The van der Waals surface area contributed by atoms with Gasteiger partial charge >= 0.3 is 0 Å². The van der Waals surface area contributed by atoms with Gasteiger partial charge in [0.05, 0.1) is 18.9 Å². The molecule has 1 saturated carbocycles. The Labute approximate surface area is 185 Å². The normalized spacial score (nSPS) is 28.6. The summed E-state index contributed by atoms with van der Waals surface area (Å²) >= 11 is 0. The summed E-state index contributed by atoms with van der Waals surface area (Å²) in [4.78, 5) is 13.7. The van der Waals surface area contributed by atoms with Crippen molar-refractivity contribution in [3.63, 3.8) is 0 Å². The van der Waals surface area contributed by atoms with Gasteiger partial charge in [0.25, 0.3) is 0 Å². The minimum Gasteiger partial charge on any atom is -0.493 e. The molecule has 2 aliphatic carbocycles. The Morgan fingerprint density at radius 3 is 2.75 bits per heavy atom. The van der Waals surface area contributed by atoms with Gasteiger partial charge in [-0.1, -0.05) is 26.0 Å². The van der Waals surface area contributed by atoms with E-state index >= 15 is 0 Å². The van der Waals surface area contributed by atoms with E-state index < -0.39 is 5.79 Å². The van der Waals surface area contributed by atoms with E-state index in [0.717, 1.165) is 30.5 Å². The summed E-state index contributed by atoms with van der Waals surface area (Å²) < 4.78 is 26.5. The van der Waals surface area contributed by atoms with E-state index in [1.807, 2.05) is 6.07 Å². The molecule has 0 unspecified atom stereocenters. The van der Waals surface area contributed by atoms with Gasteiger partial charge in [0.1, 0.15) is 11.3 Å². The molecular weight excluding hydrogens is 409 g/mol. The molecule has 3 aliphatic rings. The van der Waals surface area contributed by atoms with Gasteiger partial charge in [-0.3, -0.25) is 4.98 Å². The van der Waals surface area contributed by atoms with Gasteiger partial charge < -0.3 is 14.6 Å². The Hall–Kier alpha value is -2.64. The van der Waals surface area contributed by atoms with Crippen LogP contribution < -0.4 is 0 Å². The zero-order chi connectivity index (χ0) is 22.1. The first-order valence-corrected chi connectivity index (χ1v) is 11.3. The highest BCUT2D eigenvalue weighted by Gasteiger charge is 2.57. The number of aromatic nitrogens is 3. The van der Waals surface area contributed by atoms with E-state index in [2.05, 4.69) is 23.8 Å². The first-order valence-electron chi connectivity index (χ1n) is 11.3. The Kier molecular flexibility index (Phi) is 4.33. The topological polar surface area (TPSA) is 77.4 Å². The molecule has 0 amide bonds. The van der Waals surface area contributed by atoms with Crippen LogP contribution in [0, 0.1) is 17.7 Å². The maximum Gasteiger partial charge on any atom is 0.217 e. The minimum atomic E-state index is -0.502. The summed E-state index contributed by atoms with van der Waals surface area (Å²) in [7, 11) is 0. The molecule has 1 saturated heterocycles. The number of benzene rings is 1. The largest absolute Gasteiger partial charge is 0.493 e. The number of rotatable bonds is 1. The lowest BCUT2D eigenvalue weighted by atomic mass is 9.55. The second-order valence-corrected chi connectivity index (χ2v) is 9.55. The zero-order valence-corrected chi connectivity index (χ0v) is 18.3. The molecular formula is C25H26FN3O3. The van der Waals surface area contributed by atoms with Crippen molar-refractivity contribution in [1.82, 2.24) is 15.0 Å². The Morgan fingerprint density at radius 2 is 1.94 bits per heavy atom. The maximum atomic E-state index is 14.3. The molecule has 6 nitrogen and oxygen atoms in total. The highest BCUT2D eigenvalue weighted by molar-refractivity contribution is 5.92. The van der Waals surface area contributed by atoms with E-state index in [1.54, 1.807) is 18.3 Å². The van der Waals surface area contributed by atoms with Crippen LogP contribution in [-0.2, 0) is 21.3 Å². The van der Waals surface area contributed by atoms with Crippen molar-refractivity contribution in [2.75, 3.05) is 13.2 Å². The van der Waals surface area contributed by atoms with Crippen molar-refractivity contribution in [3.8, 4) is 17.3 Å². The molecule has 2 aromatic heterocycles. The number of para-hydroxylation sites is 1. The number of hydrogen-bond acceptors (Lipinski definition) is 6. The molecule has 0 radical (unpaired) electrons. The molecule has 1 spiro atoms. The summed E-state index contributed by atoms with van der Waals surface area (Å²) in [6, 6.07) is 6.64. The first kappa shape index (κ1) is 20.0. The van der Waals surface area contributed by atoms with Crippen LogP contribution in [0.3, 0.4) is 0 Å². The number of hydrogen-bond donors (Lipinski definition) is 1. The summed E-state index contributed by atoms with van der Waals surface area (Å²) in [6.07, 6.45) is 4.86. The van der Waals surface area contributed by atoms with Crippen molar-refractivity contribution in [2.45, 2.75) is 50.7 Å². The molecule has 6 rings (SSSR count). The fourth-order valence-electron chi connectivity index (χ4n) is 6.38. The Bertz CT molecular complexity index is 1230. The van der Waals surface area contributed by atoms with Gasteiger partial charge in [-0.25, -0.2) is 9.37 Å². The third-order valence-corrected chi connectivity index (χ3v) is 8.08. The van der Waals surface area contributed by atoms with Crippen molar-refractivity contribution in [1.29, 1.82) is 0 Å². The van der Waals surface area contributed by atoms with Gasteiger partial charge in [0.2, 0.25) is 5.88 Å². The van der Waals surface area contributed by atoms with E-state index in [4.69, 9.17) is 14.5 Å². The van der Waals surface area contributed by atoms with Crippen LogP contribution in [0.2, 0.25) is 0 Å². The fourth-order valence-corrected chi connectivity index (χ4v) is 6.38. The molecule has 1 N–H and O–H groups in total. The van der Waals surface area contributed by atoms with Gasteiger partial charge in [-0.05, 0) is 37.3 Å². The second kappa shape index (κ2) is 6.93. The highest BCUT2D eigenvalue weighted by Crippen LogP contribution is 2.57. The number of nitrogens with zero attached hydrogens (tertiary/aromatic N) is 3. The summed E-state index contributed by atoms with van der Waals surface area (Å²) in [6.45, 7) is 5.75. The van der Waals surface area contributed by atoms with Crippen LogP contribution in [-0.4, -0.2) is 39.1 Å². The van der Waals surface area contributed by atoms with Crippen LogP contribution in [0.5, 0.6) is 5.88 Å². The third kappa shape index (κ3) is 2.67. The molecule has 1 aliphatic heterocycles. The van der Waals surface area contributed by atoms with Crippen molar-refractivity contribution >= 4 is 10.9 Å². The Balaban J connectivity index is 1.50. The zero-order valence-electron chi connectivity index (χ0n) is 18.3. The van der Waals surface area contributed by atoms with Gasteiger partial charge in [0.15, 0.2) is 11.6 Å². The standard InChI is InChI=1S/C25H26FN3O3/c1-14-18-7-6-17-21(24(18,2)9-10-25(14)31-12-13-32-25)28-22(29-23(17)30)16-8-11-27-20-15(16)4-3-5-19(20)26/h3-5,8,11,14,18H,6-7,9-10,12-13H2,1-2H3,(H,28,29,30)/t14-,18-,24-/m1/s1. The van der Waals surface area contributed by atoms with Crippen LogP contribution in [0.1, 0.15) is 44.4 Å². The molecule has 0 bridgehead atoms. The average Bonchev–Trinajstić information content (AvgIpc) is 3.27. The van der Waals surface area contributed by atoms with Crippen LogP contribution in [0.25, 0.3) is 22.3 Å². The number of aromatic hydroxyl groups is 1. The van der Waals surface area contributed by atoms with E-state index in [-0.39, 0.29) is 28.5 Å². The van der Waals surface area contributed by atoms with Crippen LogP contribution >= 0.6 is 0 Å². The number of halogens is 1. The van der Waals surface area contributed by atoms with Gasteiger partial charge in [-0.2, -0.15) is 4.98 Å². The second-order valence-electron chi connectivity index (χ2n) is 9.55. The molecule has 1 aromatic carbocycles. The van der Waals surface area contributed by atoms with Crippen molar-refractivity contribution < 1.29 is 19.0 Å². The van der Waals surface area contributed by atoms with Crippen molar-refractivity contribution in [3.05, 3.63) is 47.5 Å². The summed E-state index contributed by atoms with van der Waals surface area (Å²) in [5.41, 5.74) is 2.45. The lowest BCUT2D eigenvalue weighted by Crippen LogP contribution is -2.55. The summed E-state index contributed by atoms with van der Waals surface area (Å²) in [5, 5.41) is 11.5. The number of ether oxygens (including phenoxy) is 2. The molecule has 3 atom stereocenters. The SMILES string of the molecule is C[C@@H]1[C@H]2CCc3c(O)nc(-c4ccnc5c(F)cccc45)nc3[C@]2(C)CCC12OCCO2. The molecule has 3 heterocycles. The third-order valence-electron chi connectivity index (χ3n) is 8.08. The maximum absolute atomic E-state index is 14.3. The first-order chi connectivity index (χ1) is 15.4. The minimum absolute atomic E-state index is 0.0207. The molecule has 7 heteroatoms. The Morgan fingerprint density at radius 1 is 1.12 bits per heavy atom. The predicted octanol–water partition coefficient (Wildman–Crippen LogP) is 4.53. The van der Waals surface area contributed by atoms with E-state index in [0.29, 0.717) is 42.3 Å². The van der Waals surface area contributed by atoms with Crippen LogP contribution in [0.15, 0.2) is 30.5 Å². The predicted molar refractivity (Wildman–Crippen MR) is 117 cm³/mol. The van der Waals surface area contributed by atoms with Gasteiger partial charge in [-0.15, -0.1) is 0 Å². The van der Waals surface area contributed by atoms with E-state index in [1.165, 1.54) is 6.07 Å². The summed E-state index contributed by atoms with van der Waals surface area (Å²) in [5.74, 6) is 0.0681. The van der Waals surface area contributed by atoms with Crippen LogP contribution in [0.4, 0.5) is 4.39 Å². The van der Waals surface area contributed by atoms with E-state index in [9.17, 15) is 9.50 Å². The average molecular weight is 435 g/mol. The number of pyridine rings is 1. The monoisotopic (exact) mass is 435 g/mol. The highest BCUT2D eigenvalue weighted by atomic mass is 19.1. The van der Waals surface area contributed by atoms with Crippen molar-refractivity contribution in [2.24, 2.45) is 11.8 Å². The van der Waals surface area contributed by atoms with Gasteiger partial charge in [0, 0.05) is 40.5 Å². The smallest absolute Gasteiger partial charge is 0.217 e. The lowest BCUT2D eigenvalue weighted by molar-refractivity contribution is -0.234.